The lowest BCUT2D eigenvalue weighted by Crippen LogP contribution is -2.33. The summed E-state index contributed by atoms with van der Waals surface area (Å²) in [5, 5.41) is 8.84. The molecule has 0 bridgehead atoms. The number of aliphatic carboxylic acids is 1. The van der Waals surface area contributed by atoms with Gasteiger partial charge in [0, 0.05) is 11.0 Å². The third-order valence-corrected chi connectivity index (χ3v) is 5.42. The summed E-state index contributed by atoms with van der Waals surface area (Å²) in [5.41, 5.74) is 0.204. The SMILES string of the molecule is O=C(O)CCN(c1ccc(F)cc1)S(=O)(=O)c1ccc(Br)cc1. The lowest BCUT2D eigenvalue weighted by atomic mass is 10.3. The summed E-state index contributed by atoms with van der Waals surface area (Å²) in [6.45, 7) is -0.251. The molecular weight excluding hydrogens is 389 g/mol. The van der Waals surface area contributed by atoms with E-state index in [1.165, 1.54) is 24.3 Å². The van der Waals surface area contributed by atoms with Crippen LogP contribution in [0.2, 0.25) is 0 Å². The Balaban J connectivity index is 2.44. The van der Waals surface area contributed by atoms with Crippen molar-refractivity contribution in [1.82, 2.24) is 0 Å². The van der Waals surface area contributed by atoms with Crippen molar-refractivity contribution in [2.75, 3.05) is 10.8 Å². The maximum atomic E-state index is 13.1. The van der Waals surface area contributed by atoms with Gasteiger partial charge in [-0.05, 0) is 48.5 Å². The first kappa shape index (κ1) is 17.4. The topological polar surface area (TPSA) is 74.7 Å². The molecule has 0 aliphatic heterocycles. The van der Waals surface area contributed by atoms with Crippen molar-refractivity contribution in [2.45, 2.75) is 11.3 Å². The van der Waals surface area contributed by atoms with Crippen molar-refractivity contribution in [1.29, 1.82) is 0 Å². The molecule has 0 saturated carbocycles. The molecule has 2 aromatic rings. The lowest BCUT2D eigenvalue weighted by Gasteiger charge is -2.24. The smallest absolute Gasteiger partial charge is 0.305 e. The van der Waals surface area contributed by atoms with Gasteiger partial charge in [0.25, 0.3) is 10.0 Å². The Kier molecular flexibility index (Phi) is 5.38. The van der Waals surface area contributed by atoms with E-state index in [1.807, 2.05) is 0 Å². The summed E-state index contributed by atoms with van der Waals surface area (Å²) < 4.78 is 40.3. The van der Waals surface area contributed by atoms with Crippen molar-refractivity contribution < 1.29 is 22.7 Å². The Bertz CT molecular complexity index is 791. The molecule has 0 aromatic heterocycles. The summed E-state index contributed by atoms with van der Waals surface area (Å²) in [6, 6.07) is 10.8. The van der Waals surface area contributed by atoms with Crippen LogP contribution in [0.4, 0.5) is 10.1 Å². The van der Waals surface area contributed by atoms with Gasteiger partial charge in [-0.15, -0.1) is 0 Å². The van der Waals surface area contributed by atoms with E-state index < -0.39 is 21.8 Å². The fraction of sp³-hybridized carbons (Fsp3) is 0.133. The van der Waals surface area contributed by atoms with Gasteiger partial charge in [0.15, 0.2) is 0 Å². The molecule has 0 unspecified atom stereocenters. The molecular formula is C15H13BrFNO4S. The standard InChI is InChI=1S/C15H13BrFNO4S/c16-11-1-7-14(8-2-11)23(21,22)18(10-9-15(19)20)13-5-3-12(17)4-6-13/h1-8H,9-10H2,(H,19,20). The number of carboxylic acid groups (broad SMARTS) is 1. The summed E-state index contributed by atoms with van der Waals surface area (Å²) >= 11 is 3.22. The van der Waals surface area contributed by atoms with Crippen LogP contribution in [0, 0.1) is 5.82 Å². The highest BCUT2D eigenvalue weighted by Gasteiger charge is 2.25. The fourth-order valence-corrected chi connectivity index (χ4v) is 3.66. The van der Waals surface area contributed by atoms with Crippen molar-refractivity contribution in [3.05, 3.63) is 58.8 Å². The van der Waals surface area contributed by atoms with Gasteiger partial charge < -0.3 is 5.11 Å². The number of rotatable bonds is 6. The monoisotopic (exact) mass is 401 g/mol. The summed E-state index contributed by atoms with van der Waals surface area (Å²) in [7, 11) is -3.95. The van der Waals surface area contributed by atoms with Crippen LogP contribution in [0.5, 0.6) is 0 Å². The summed E-state index contributed by atoms with van der Waals surface area (Å²) in [6.07, 6.45) is -0.368. The number of halogens is 2. The van der Waals surface area contributed by atoms with Crippen LogP contribution < -0.4 is 4.31 Å². The normalized spacial score (nSPS) is 11.2. The Morgan fingerprint density at radius 2 is 1.65 bits per heavy atom. The highest BCUT2D eigenvalue weighted by atomic mass is 79.9. The molecule has 5 nitrogen and oxygen atoms in total. The van der Waals surface area contributed by atoms with E-state index in [0.29, 0.717) is 0 Å². The van der Waals surface area contributed by atoms with E-state index in [4.69, 9.17) is 5.11 Å². The molecule has 2 rings (SSSR count). The zero-order valence-electron chi connectivity index (χ0n) is 11.8. The first-order valence-electron chi connectivity index (χ1n) is 6.56. The van der Waals surface area contributed by atoms with Crippen molar-refractivity contribution in [2.24, 2.45) is 0 Å². The van der Waals surface area contributed by atoms with Gasteiger partial charge in [-0.25, -0.2) is 12.8 Å². The number of hydrogen-bond acceptors (Lipinski definition) is 3. The average Bonchev–Trinajstić information content (AvgIpc) is 2.49. The second-order valence-corrected chi connectivity index (χ2v) is 7.43. The van der Waals surface area contributed by atoms with Crippen LogP contribution in [-0.4, -0.2) is 26.0 Å². The van der Waals surface area contributed by atoms with E-state index in [1.54, 1.807) is 12.1 Å². The minimum absolute atomic E-state index is 0.0235. The van der Waals surface area contributed by atoms with Crippen LogP contribution in [0.3, 0.4) is 0 Å². The highest BCUT2D eigenvalue weighted by Crippen LogP contribution is 2.25. The largest absolute Gasteiger partial charge is 0.481 e. The van der Waals surface area contributed by atoms with Crippen LogP contribution >= 0.6 is 15.9 Å². The van der Waals surface area contributed by atoms with Crippen LogP contribution in [0.25, 0.3) is 0 Å². The molecule has 0 fully saturated rings. The Morgan fingerprint density at radius 3 is 2.17 bits per heavy atom. The molecule has 0 aliphatic rings. The molecule has 1 N–H and O–H groups in total. The first-order valence-corrected chi connectivity index (χ1v) is 8.79. The zero-order valence-corrected chi connectivity index (χ0v) is 14.2. The fourth-order valence-electron chi connectivity index (χ4n) is 1.93. The van der Waals surface area contributed by atoms with E-state index in [2.05, 4.69) is 15.9 Å². The quantitative estimate of drug-likeness (QED) is 0.805. The molecule has 8 heteroatoms. The molecule has 23 heavy (non-hydrogen) atoms. The van der Waals surface area contributed by atoms with Gasteiger partial charge >= 0.3 is 5.97 Å². The molecule has 0 saturated heterocycles. The zero-order chi connectivity index (χ0) is 17.0. The maximum absolute atomic E-state index is 13.1. The molecule has 0 radical (unpaired) electrons. The average molecular weight is 402 g/mol. The van der Waals surface area contributed by atoms with Crippen molar-refractivity contribution in [3.8, 4) is 0 Å². The molecule has 0 spiro atoms. The van der Waals surface area contributed by atoms with Gasteiger partial charge in [-0.2, -0.15) is 0 Å². The van der Waals surface area contributed by atoms with E-state index in [-0.39, 0.29) is 23.5 Å². The predicted molar refractivity (Wildman–Crippen MR) is 87.3 cm³/mol. The Hall–Kier alpha value is -1.93. The molecule has 0 amide bonds. The van der Waals surface area contributed by atoms with Crippen LogP contribution in [0.1, 0.15) is 6.42 Å². The highest BCUT2D eigenvalue weighted by molar-refractivity contribution is 9.10. The molecule has 0 heterocycles. The number of nitrogens with zero attached hydrogens (tertiary/aromatic N) is 1. The van der Waals surface area contributed by atoms with Crippen molar-refractivity contribution in [3.63, 3.8) is 0 Å². The van der Waals surface area contributed by atoms with Crippen molar-refractivity contribution >= 4 is 37.6 Å². The Morgan fingerprint density at radius 1 is 1.09 bits per heavy atom. The number of hydrogen-bond donors (Lipinski definition) is 1. The number of benzene rings is 2. The van der Waals surface area contributed by atoms with E-state index in [0.717, 1.165) is 20.9 Å². The van der Waals surface area contributed by atoms with Crippen LogP contribution in [-0.2, 0) is 14.8 Å². The van der Waals surface area contributed by atoms with E-state index >= 15 is 0 Å². The predicted octanol–water partition coefficient (Wildman–Crippen LogP) is 3.26. The minimum Gasteiger partial charge on any atom is -0.481 e. The maximum Gasteiger partial charge on any atom is 0.305 e. The van der Waals surface area contributed by atoms with Crippen LogP contribution in [0.15, 0.2) is 57.9 Å². The van der Waals surface area contributed by atoms with Gasteiger partial charge in [0.2, 0.25) is 0 Å². The third-order valence-electron chi connectivity index (χ3n) is 3.05. The molecule has 2 aromatic carbocycles. The molecule has 122 valence electrons. The second kappa shape index (κ2) is 7.10. The van der Waals surface area contributed by atoms with Gasteiger partial charge in [0.05, 0.1) is 17.0 Å². The number of carbonyl (C=O) groups is 1. The third kappa shape index (κ3) is 4.29. The molecule has 0 aliphatic carbocycles. The lowest BCUT2D eigenvalue weighted by molar-refractivity contribution is -0.136. The number of anilines is 1. The van der Waals surface area contributed by atoms with Gasteiger partial charge in [0.1, 0.15) is 5.82 Å². The second-order valence-electron chi connectivity index (χ2n) is 4.65. The number of sulfonamides is 1. The summed E-state index contributed by atoms with van der Waals surface area (Å²) in [5.74, 6) is -1.63. The van der Waals surface area contributed by atoms with Gasteiger partial charge in [-0.3, -0.25) is 9.10 Å². The Labute approximate surface area is 141 Å². The first-order chi connectivity index (χ1) is 10.8. The molecule has 0 atom stereocenters. The summed E-state index contributed by atoms with van der Waals surface area (Å²) in [4.78, 5) is 10.8. The number of carboxylic acids is 1. The van der Waals surface area contributed by atoms with E-state index in [9.17, 15) is 17.6 Å². The minimum atomic E-state index is -3.95. The van der Waals surface area contributed by atoms with Gasteiger partial charge in [-0.1, -0.05) is 15.9 Å².